The minimum absolute atomic E-state index is 0.0117. The van der Waals surface area contributed by atoms with Crippen LogP contribution < -0.4 is 14.8 Å². The highest BCUT2D eigenvalue weighted by molar-refractivity contribution is 6.46. The van der Waals surface area contributed by atoms with Crippen molar-refractivity contribution >= 4 is 23.0 Å². The van der Waals surface area contributed by atoms with Gasteiger partial charge in [0, 0.05) is 26.1 Å². The van der Waals surface area contributed by atoms with E-state index in [4.69, 9.17) is 19.6 Å². The maximum Gasteiger partial charge on any atom is 0.318 e. The number of fused-ring (bicyclic) bond motifs is 1. The van der Waals surface area contributed by atoms with Gasteiger partial charge in [-0.2, -0.15) is 0 Å². The SMILES string of the molecule is COc1ccc(C2=[N+]3N=C(C)C=C(N4CC[C@H](NC(C)=O)C4)C3N=C2C)cc1OC. The average Bonchev–Trinajstić information content (AvgIpc) is 3.30. The Morgan fingerprint density at radius 3 is 2.70 bits per heavy atom. The molecule has 1 aromatic carbocycles. The molecule has 0 aromatic heterocycles. The van der Waals surface area contributed by atoms with Crippen LogP contribution in [0.2, 0.25) is 0 Å². The number of nitrogens with one attached hydrogen (secondary N) is 1. The van der Waals surface area contributed by atoms with Crippen molar-refractivity contribution in [3.63, 3.8) is 0 Å². The van der Waals surface area contributed by atoms with Gasteiger partial charge in [-0.1, -0.05) is 4.68 Å². The lowest BCUT2D eigenvalue weighted by atomic mass is 10.1. The lowest BCUT2D eigenvalue weighted by Crippen LogP contribution is -2.39. The number of rotatable bonds is 5. The number of hydrazone groups is 1. The topological polar surface area (TPSA) is 78.5 Å². The number of aliphatic imine (C=N–C) groups is 1. The summed E-state index contributed by atoms with van der Waals surface area (Å²) in [7, 11) is 3.26. The summed E-state index contributed by atoms with van der Waals surface area (Å²) in [6.45, 7) is 7.24. The number of benzene rings is 1. The van der Waals surface area contributed by atoms with Gasteiger partial charge in [0.15, 0.2) is 11.5 Å². The van der Waals surface area contributed by atoms with Crippen LogP contribution in [0.25, 0.3) is 0 Å². The van der Waals surface area contributed by atoms with Gasteiger partial charge in [-0.05, 0) is 49.6 Å². The molecule has 8 nitrogen and oxygen atoms in total. The third-order valence-corrected chi connectivity index (χ3v) is 5.62. The van der Waals surface area contributed by atoms with E-state index in [0.29, 0.717) is 11.5 Å². The molecule has 1 unspecified atom stereocenters. The molecule has 30 heavy (non-hydrogen) atoms. The molecule has 1 aromatic rings. The molecule has 8 heteroatoms. The summed E-state index contributed by atoms with van der Waals surface area (Å²) in [5.74, 6) is 1.37. The number of hydrogen-bond donors (Lipinski definition) is 1. The van der Waals surface area contributed by atoms with E-state index in [1.165, 1.54) is 0 Å². The molecule has 3 aliphatic heterocycles. The van der Waals surface area contributed by atoms with E-state index in [-0.39, 0.29) is 18.1 Å². The standard InChI is InChI=1S/C22H27N5O3/c1-13-10-18(26-9-8-17(12-26)24-15(3)28)22-23-14(2)21(27(22)25-13)16-6-7-19(29-4)20(11-16)30-5/h6-7,10-11,17,22H,8-9,12H2,1-5H3/p+1/t17-,22?/m0/s1. The maximum atomic E-state index is 11.4. The van der Waals surface area contributed by atoms with Gasteiger partial charge in [0.05, 0.1) is 19.8 Å². The fourth-order valence-electron chi connectivity index (χ4n) is 4.35. The van der Waals surface area contributed by atoms with Gasteiger partial charge in [-0.25, -0.2) is 4.99 Å². The van der Waals surface area contributed by atoms with Crippen LogP contribution in [0.4, 0.5) is 0 Å². The normalized spacial score (nSPS) is 23.0. The summed E-state index contributed by atoms with van der Waals surface area (Å²) in [5, 5.41) is 7.82. The van der Waals surface area contributed by atoms with Gasteiger partial charge in [-0.3, -0.25) is 4.79 Å². The highest BCUT2D eigenvalue weighted by Crippen LogP contribution is 2.31. The fraction of sp³-hybridized carbons (Fsp3) is 0.455. The monoisotopic (exact) mass is 410 g/mol. The summed E-state index contributed by atoms with van der Waals surface area (Å²) >= 11 is 0. The van der Waals surface area contributed by atoms with Crippen LogP contribution in [0.1, 0.15) is 32.8 Å². The minimum Gasteiger partial charge on any atom is -0.493 e. The average molecular weight is 410 g/mol. The van der Waals surface area contributed by atoms with Crippen molar-refractivity contribution in [2.24, 2.45) is 10.1 Å². The number of carbonyl (C=O) groups excluding carboxylic acids is 1. The second-order valence-electron chi connectivity index (χ2n) is 7.79. The number of ether oxygens (including phenoxy) is 2. The third kappa shape index (κ3) is 3.58. The Kier molecular flexibility index (Phi) is 5.32. The van der Waals surface area contributed by atoms with Gasteiger partial charge in [0.25, 0.3) is 5.71 Å². The Hall–Kier alpha value is -3.16. The summed E-state index contributed by atoms with van der Waals surface area (Å²) < 4.78 is 12.9. The van der Waals surface area contributed by atoms with Crippen LogP contribution in [-0.2, 0) is 4.79 Å². The highest BCUT2D eigenvalue weighted by atomic mass is 16.5. The van der Waals surface area contributed by atoms with E-state index >= 15 is 0 Å². The van der Waals surface area contributed by atoms with Crippen LogP contribution in [0, 0.1) is 0 Å². The molecule has 1 N–H and O–H groups in total. The Balaban J connectivity index is 1.69. The Morgan fingerprint density at radius 2 is 2.00 bits per heavy atom. The zero-order valence-corrected chi connectivity index (χ0v) is 18.1. The molecule has 0 aliphatic carbocycles. The van der Waals surface area contributed by atoms with E-state index in [9.17, 15) is 4.79 Å². The van der Waals surface area contributed by atoms with E-state index in [1.54, 1.807) is 21.1 Å². The van der Waals surface area contributed by atoms with Gasteiger partial charge < -0.3 is 19.7 Å². The Labute approximate surface area is 176 Å². The number of carbonyl (C=O) groups is 1. The second-order valence-corrected chi connectivity index (χ2v) is 7.79. The largest absolute Gasteiger partial charge is 0.493 e. The molecule has 3 aliphatic rings. The van der Waals surface area contributed by atoms with Crippen LogP contribution in [0.15, 0.2) is 40.1 Å². The molecule has 4 rings (SSSR count). The first-order chi connectivity index (χ1) is 14.4. The predicted molar refractivity (Wildman–Crippen MR) is 116 cm³/mol. The Bertz CT molecular complexity index is 1010. The molecule has 2 atom stereocenters. The van der Waals surface area contributed by atoms with Crippen molar-refractivity contribution in [3.8, 4) is 11.5 Å². The first-order valence-electron chi connectivity index (χ1n) is 10.1. The zero-order valence-electron chi connectivity index (χ0n) is 18.1. The molecule has 0 spiro atoms. The summed E-state index contributed by atoms with van der Waals surface area (Å²) in [5.41, 5.74) is 4.90. The van der Waals surface area contributed by atoms with Crippen LogP contribution in [0.3, 0.4) is 0 Å². The number of nitrogens with zero attached hydrogens (tertiary/aromatic N) is 4. The van der Waals surface area contributed by atoms with E-state index in [1.807, 2.05) is 36.7 Å². The van der Waals surface area contributed by atoms with Crippen molar-refractivity contribution in [2.75, 3.05) is 27.3 Å². The number of likely N-dealkylation sites (tertiary alicyclic amines) is 1. The van der Waals surface area contributed by atoms with E-state index in [0.717, 1.165) is 47.9 Å². The zero-order chi connectivity index (χ0) is 21.4. The van der Waals surface area contributed by atoms with Crippen molar-refractivity contribution in [3.05, 3.63) is 35.5 Å². The number of amides is 1. The van der Waals surface area contributed by atoms with Crippen LogP contribution in [-0.4, -0.2) is 72.1 Å². The van der Waals surface area contributed by atoms with Gasteiger partial charge in [0.1, 0.15) is 17.1 Å². The molecular weight excluding hydrogens is 382 g/mol. The molecule has 3 heterocycles. The minimum atomic E-state index is -0.201. The van der Waals surface area contributed by atoms with Crippen molar-refractivity contribution in [1.82, 2.24) is 10.2 Å². The lowest BCUT2D eigenvalue weighted by Gasteiger charge is -2.24. The van der Waals surface area contributed by atoms with Crippen molar-refractivity contribution in [2.45, 2.75) is 39.4 Å². The van der Waals surface area contributed by atoms with Crippen molar-refractivity contribution < 1.29 is 19.0 Å². The third-order valence-electron chi connectivity index (χ3n) is 5.62. The fourth-order valence-corrected chi connectivity index (χ4v) is 4.35. The van der Waals surface area contributed by atoms with E-state index in [2.05, 4.69) is 16.3 Å². The summed E-state index contributed by atoms with van der Waals surface area (Å²) in [6.07, 6.45) is 2.83. The smallest absolute Gasteiger partial charge is 0.318 e. The maximum absolute atomic E-state index is 11.4. The first kappa shape index (κ1) is 20.1. The lowest BCUT2D eigenvalue weighted by molar-refractivity contribution is -0.558. The first-order valence-corrected chi connectivity index (χ1v) is 10.1. The van der Waals surface area contributed by atoms with Crippen LogP contribution in [0.5, 0.6) is 11.5 Å². The summed E-state index contributed by atoms with van der Waals surface area (Å²) in [4.78, 5) is 18.7. The molecule has 1 saturated heterocycles. The predicted octanol–water partition coefficient (Wildman–Crippen LogP) is 1.79. The molecule has 0 radical (unpaired) electrons. The quantitative estimate of drug-likeness (QED) is 0.751. The van der Waals surface area contributed by atoms with Gasteiger partial charge >= 0.3 is 6.17 Å². The van der Waals surface area contributed by atoms with Crippen molar-refractivity contribution in [1.29, 1.82) is 0 Å². The molecule has 158 valence electrons. The highest BCUT2D eigenvalue weighted by Gasteiger charge is 2.43. The van der Waals surface area contributed by atoms with Gasteiger partial charge in [-0.15, -0.1) is 0 Å². The molecular formula is C22H28N5O3+. The molecule has 1 amide bonds. The molecule has 0 saturated carbocycles. The molecule has 1 fully saturated rings. The Morgan fingerprint density at radius 1 is 1.23 bits per heavy atom. The summed E-state index contributed by atoms with van der Waals surface area (Å²) in [6, 6.07) is 6.03. The van der Waals surface area contributed by atoms with Crippen LogP contribution >= 0.6 is 0 Å². The second kappa shape index (κ2) is 7.93. The number of methoxy groups -OCH3 is 2. The van der Waals surface area contributed by atoms with Gasteiger partial charge in [0.2, 0.25) is 5.91 Å². The molecule has 0 bridgehead atoms. The number of allylic oxidation sites excluding steroid dienone is 1. The van der Waals surface area contributed by atoms with E-state index < -0.39 is 0 Å². The number of hydrogen-bond acceptors (Lipinski definition) is 6.